The van der Waals surface area contributed by atoms with Crippen molar-refractivity contribution in [1.82, 2.24) is 24.0 Å². The Hall–Kier alpha value is -5.22. The predicted octanol–water partition coefficient (Wildman–Crippen LogP) is 4.87. The molecule has 0 aliphatic heterocycles. The average Bonchev–Trinajstić information content (AvgIpc) is 3.81. The zero-order valence-corrected chi connectivity index (χ0v) is 24.3. The van der Waals surface area contributed by atoms with Crippen LogP contribution in [0.25, 0.3) is 22.5 Å². The quantitative estimate of drug-likeness (QED) is 0.250. The van der Waals surface area contributed by atoms with E-state index in [2.05, 4.69) is 21.9 Å². The number of hydrogen-bond donors (Lipinski definition) is 1. The van der Waals surface area contributed by atoms with Gasteiger partial charge in [-0.1, -0.05) is 30.3 Å². The predicted molar refractivity (Wildman–Crippen MR) is 168 cm³/mol. The molecular formula is C33H33N7O3. The van der Waals surface area contributed by atoms with Crippen LogP contribution in [0.15, 0.2) is 96.1 Å². The number of amides is 1. The van der Waals surface area contributed by atoms with Gasteiger partial charge in [-0.05, 0) is 80.9 Å². The van der Waals surface area contributed by atoms with Crippen LogP contribution < -0.4 is 21.1 Å². The molecular weight excluding hydrogens is 542 g/mol. The normalized spacial score (nSPS) is 13.2. The maximum absolute atomic E-state index is 14.1. The molecule has 0 radical (unpaired) electrons. The highest BCUT2D eigenvalue weighted by molar-refractivity contribution is 6.01. The fraction of sp³-hybridized carbons (Fsp3) is 0.212. The smallest absolute Gasteiger partial charge is 0.339 e. The number of aryl methyl sites for hydroxylation is 1. The van der Waals surface area contributed by atoms with E-state index in [9.17, 15) is 9.59 Å². The molecule has 43 heavy (non-hydrogen) atoms. The van der Waals surface area contributed by atoms with Crippen LogP contribution in [-0.4, -0.2) is 56.6 Å². The minimum Gasteiger partial charge on any atom is -0.457 e. The SMILES string of the molecule is Cc1cc(Oc2ccccc2)ccc1-n1c(=O)n(-c2cccc(N(C)C(=O)C=CCN(C)C3CC3)c2)c2ncnc(N)c21. The summed E-state index contributed by atoms with van der Waals surface area (Å²) in [4.78, 5) is 39.5. The highest BCUT2D eigenvalue weighted by atomic mass is 16.5. The summed E-state index contributed by atoms with van der Waals surface area (Å²) in [5.41, 5.74) is 9.33. The number of nitrogens with zero attached hydrogens (tertiary/aromatic N) is 6. The van der Waals surface area contributed by atoms with E-state index in [4.69, 9.17) is 10.5 Å². The zero-order chi connectivity index (χ0) is 30.1. The molecule has 10 nitrogen and oxygen atoms in total. The molecule has 1 aliphatic carbocycles. The van der Waals surface area contributed by atoms with Gasteiger partial charge < -0.3 is 15.4 Å². The molecule has 0 bridgehead atoms. The Bertz CT molecular complexity index is 1890. The molecule has 3 aromatic carbocycles. The Morgan fingerprint density at radius 2 is 1.79 bits per heavy atom. The van der Waals surface area contributed by atoms with Gasteiger partial charge in [-0.3, -0.25) is 14.3 Å². The maximum atomic E-state index is 14.1. The lowest BCUT2D eigenvalue weighted by Gasteiger charge is -2.17. The third kappa shape index (κ3) is 5.64. The minimum absolute atomic E-state index is 0.156. The van der Waals surface area contributed by atoms with Gasteiger partial charge in [0.05, 0.1) is 11.4 Å². The second kappa shape index (κ2) is 11.6. The molecule has 0 spiro atoms. The first-order valence-corrected chi connectivity index (χ1v) is 14.1. The van der Waals surface area contributed by atoms with E-state index in [1.165, 1.54) is 28.3 Å². The van der Waals surface area contributed by atoms with Gasteiger partial charge >= 0.3 is 5.69 Å². The van der Waals surface area contributed by atoms with Crippen molar-refractivity contribution in [2.75, 3.05) is 31.3 Å². The molecule has 2 N–H and O–H groups in total. The van der Waals surface area contributed by atoms with Crippen molar-refractivity contribution >= 4 is 28.6 Å². The van der Waals surface area contributed by atoms with Crippen molar-refractivity contribution in [1.29, 1.82) is 0 Å². The van der Waals surface area contributed by atoms with Crippen molar-refractivity contribution in [2.45, 2.75) is 25.8 Å². The van der Waals surface area contributed by atoms with E-state index in [0.29, 0.717) is 45.8 Å². The fourth-order valence-corrected chi connectivity index (χ4v) is 5.13. The number of anilines is 2. The number of hydrogen-bond acceptors (Lipinski definition) is 7. The third-order valence-electron chi connectivity index (χ3n) is 7.67. The van der Waals surface area contributed by atoms with Crippen LogP contribution in [0.5, 0.6) is 11.5 Å². The Kier molecular flexibility index (Phi) is 7.52. The molecule has 10 heteroatoms. The summed E-state index contributed by atoms with van der Waals surface area (Å²) in [6, 6.07) is 22.8. The molecule has 6 rings (SSSR count). The maximum Gasteiger partial charge on any atom is 0.339 e. The number of fused-ring (bicyclic) bond motifs is 1. The molecule has 218 valence electrons. The Morgan fingerprint density at radius 1 is 1.00 bits per heavy atom. The Labute approximate surface area is 249 Å². The van der Waals surface area contributed by atoms with E-state index >= 15 is 0 Å². The average molecular weight is 576 g/mol. The standard InChI is InChI=1S/C33H33N7O3/c1-22-19-27(43-26-11-5-4-6-12-26)16-17-28(22)40-30-31(34)35-21-36-32(30)39(33(40)42)25-10-7-9-24(20-25)38(3)29(41)13-8-18-37(2)23-14-15-23/h4-13,16-17,19-21,23H,14-15,18H2,1-3H3,(H2,34,35,36). The van der Waals surface area contributed by atoms with Crippen LogP contribution >= 0.6 is 0 Å². The lowest BCUT2D eigenvalue weighted by molar-refractivity contribution is -0.113. The van der Waals surface area contributed by atoms with Gasteiger partial charge in [-0.15, -0.1) is 0 Å². The summed E-state index contributed by atoms with van der Waals surface area (Å²) in [7, 11) is 3.78. The number of nitrogens with two attached hydrogens (primary N) is 1. The lowest BCUT2D eigenvalue weighted by Crippen LogP contribution is -2.26. The number of ether oxygens (including phenoxy) is 1. The largest absolute Gasteiger partial charge is 0.457 e. The van der Waals surface area contributed by atoms with Crippen molar-refractivity contribution < 1.29 is 9.53 Å². The Morgan fingerprint density at radius 3 is 2.53 bits per heavy atom. The van der Waals surface area contributed by atoms with Gasteiger partial charge in [-0.25, -0.2) is 19.3 Å². The number of carbonyl (C=O) groups excluding carboxylic acids is 1. The van der Waals surface area contributed by atoms with Gasteiger partial charge in [0.25, 0.3) is 0 Å². The Balaban J connectivity index is 1.35. The van der Waals surface area contributed by atoms with E-state index in [0.717, 1.165) is 12.1 Å². The summed E-state index contributed by atoms with van der Waals surface area (Å²) >= 11 is 0. The zero-order valence-electron chi connectivity index (χ0n) is 24.3. The summed E-state index contributed by atoms with van der Waals surface area (Å²) in [6.45, 7) is 2.62. The molecule has 1 aliphatic rings. The van der Waals surface area contributed by atoms with Crippen molar-refractivity contribution in [3.63, 3.8) is 0 Å². The van der Waals surface area contributed by atoms with Gasteiger partial charge in [0, 0.05) is 31.4 Å². The monoisotopic (exact) mass is 575 g/mol. The molecule has 2 aromatic heterocycles. The first-order chi connectivity index (χ1) is 20.8. The van der Waals surface area contributed by atoms with Crippen molar-refractivity contribution in [2.24, 2.45) is 0 Å². The number of nitrogen functional groups attached to an aromatic ring is 1. The minimum atomic E-state index is -0.365. The number of para-hydroxylation sites is 1. The first kappa shape index (κ1) is 27.9. The molecule has 0 unspecified atom stereocenters. The number of imidazole rings is 1. The molecule has 1 fully saturated rings. The summed E-state index contributed by atoms with van der Waals surface area (Å²) in [5.74, 6) is 1.37. The van der Waals surface area contributed by atoms with Crippen molar-refractivity contribution in [3.05, 3.63) is 107 Å². The number of aromatic nitrogens is 4. The second-order valence-electron chi connectivity index (χ2n) is 10.7. The van der Waals surface area contributed by atoms with Crippen LogP contribution in [0.1, 0.15) is 18.4 Å². The highest BCUT2D eigenvalue weighted by Crippen LogP contribution is 2.29. The first-order valence-electron chi connectivity index (χ1n) is 14.1. The molecule has 2 heterocycles. The van der Waals surface area contributed by atoms with Crippen LogP contribution in [0.3, 0.4) is 0 Å². The van der Waals surface area contributed by atoms with Crippen LogP contribution in [-0.2, 0) is 4.79 Å². The van der Waals surface area contributed by atoms with Gasteiger partial charge in [0.1, 0.15) is 23.3 Å². The highest BCUT2D eigenvalue weighted by Gasteiger charge is 2.25. The lowest BCUT2D eigenvalue weighted by atomic mass is 10.2. The van der Waals surface area contributed by atoms with E-state index in [1.807, 2.05) is 67.6 Å². The van der Waals surface area contributed by atoms with Gasteiger partial charge in [0.2, 0.25) is 5.91 Å². The molecule has 0 saturated heterocycles. The molecule has 1 saturated carbocycles. The van der Waals surface area contributed by atoms with E-state index in [1.54, 1.807) is 36.2 Å². The summed E-state index contributed by atoms with van der Waals surface area (Å²) in [5, 5.41) is 0. The van der Waals surface area contributed by atoms with E-state index < -0.39 is 0 Å². The van der Waals surface area contributed by atoms with Crippen LogP contribution in [0.2, 0.25) is 0 Å². The topological polar surface area (TPSA) is 112 Å². The molecule has 5 aromatic rings. The molecule has 0 atom stereocenters. The summed E-state index contributed by atoms with van der Waals surface area (Å²) < 4.78 is 9.00. The van der Waals surface area contributed by atoms with Gasteiger partial charge in [0.15, 0.2) is 11.5 Å². The molecule has 1 amide bonds. The fourth-order valence-electron chi connectivity index (χ4n) is 5.13. The van der Waals surface area contributed by atoms with Crippen LogP contribution in [0, 0.1) is 6.92 Å². The van der Waals surface area contributed by atoms with Gasteiger partial charge in [-0.2, -0.15) is 0 Å². The second-order valence-corrected chi connectivity index (χ2v) is 10.7. The summed E-state index contributed by atoms with van der Waals surface area (Å²) in [6.07, 6.45) is 7.24. The van der Waals surface area contributed by atoms with Crippen molar-refractivity contribution in [3.8, 4) is 22.9 Å². The number of carbonyl (C=O) groups is 1. The number of benzene rings is 3. The van der Waals surface area contributed by atoms with Crippen LogP contribution in [0.4, 0.5) is 11.5 Å². The number of likely N-dealkylation sites (N-methyl/N-ethyl adjacent to an activating group) is 2. The van der Waals surface area contributed by atoms with E-state index in [-0.39, 0.29) is 17.4 Å². The number of rotatable bonds is 9. The third-order valence-corrected chi connectivity index (χ3v) is 7.67.